The molecule has 29 heavy (non-hydrogen) atoms. The fourth-order valence-corrected chi connectivity index (χ4v) is 3.45. The number of rotatable bonds is 4. The number of fused-ring (bicyclic) bond motifs is 3. The number of aromatic nitrogens is 8. The van der Waals surface area contributed by atoms with E-state index in [1.54, 1.807) is 16.8 Å². The van der Waals surface area contributed by atoms with E-state index in [1.807, 2.05) is 44.2 Å². The van der Waals surface area contributed by atoms with E-state index in [0.717, 1.165) is 23.2 Å². The number of hydrogen-bond acceptors (Lipinski definition) is 6. The Kier molecular flexibility index (Phi) is 3.94. The summed E-state index contributed by atoms with van der Waals surface area (Å²) in [6.07, 6.45) is 3.08. The van der Waals surface area contributed by atoms with Crippen molar-refractivity contribution in [3.63, 3.8) is 0 Å². The van der Waals surface area contributed by atoms with E-state index in [9.17, 15) is 4.79 Å². The SMILES string of the molecule is CCc1nc(-n2ccc3c(nnc4c(-c5ccccc5)c(CC)nn43)c2=O)n[nH]1. The number of hydrogen-bond donors (Lipinski definition) is 1. The topological polar surface area (TPSA) is 107 Å². The molecule has 5 aromatic rings. The standard InChI is InChI=1S/C20H18N8O/c1-3-13-16(12-8-6-5-7-9-12)18-24-23-17-14(28(18)26-13)10-11-27(19(17)29)20-21-15(4-2)22-25-20/h5-11H,3-4H2,1-2H3,(H,21,22,25). The smallest absolute Gasteiger partial charge is 0.266 e. The van der Waals surface area contributed by atoms with Gasteiger partial charge in [0.2, 0.25) is 0 Å². The molecule has 5 rings (SSSR count). The minimum Gasteiger partial charge on any atom is -0.266 e. The summed E-state index contributed by atoms with van der Waals surface area (Å²) in [6.45, 7) is 4.01. The summed E-state index contributed by atoms with van der Waals surface area (Å²) in [5, 5.41) is 20.3. The average Bonchev–Trinajstić information content (AvgIpc) is 3.39. The molecule has 0 radical (unpaired) electrons. The first-order valence-electron chi connectivity index (χ1n) is 9.48. The lowest BCUT2D eigenvalue weighted by atomic mass is 10.0. The number of nitrogens with zero attached hydrogens (tertiary/aromatic N) is 7. The normalized spacial score (nSPS) is 11.5. The van der Waals surface area contributed by atoms with Gasteiger partial charge in [-0.15, -0.1) is 15.3 Å². The van der Waals surface area contributed by atoms with Crippen LogP contribution in [0.3, 0.4) is 0 Å². The third kappa shape index (κ3) is 2.62. The van der Waals surface area contributed by atoms with Crippen LogP contribution in [-0.4, -0.2) is 39.6 Å². The highest BCUT2D eigenvalue weighted by Gasteiger charge is 2.19. The van der Waals surface area contributed by atoms with E-state index in [1.165, 1.54) is 4.57 Å². The van der Waals surface area contributed by atoms with Crippen LogP contribution in [0.1, 0.15) is 25.4 Å². The molecule has 9 nitrogen and oxygen atoms in total. The van der Waals surface area contributed by atoms with Crippen LogP contribution < -0.4 is 5.56 Å². The van der Waals surface area contributed by atoms with Crippen molar-refractivity contribution in [2.45, 2.75) is 26.7 Å². The Morgan fingerprint density at radius 1 is 1.03 bits per heavy atom. The lowest BCUT2D eigenvalue weighted by molar-refractivity contribution is 0.867. The number of nitrogens with one attached hydrogen (secondary N) is 1. The first kappa shape index (κ1) is 17.2. The zero-order valence-electron chi connectivity index (χ0n) is 16.0. The Balaban J connectivity index is 1.77. The van der Waals surface area contributed by atoms with Gasteiger partial charge in [0, 0.05) is 12.6 Å². The summed E-state index contributed by atoms with van der Waals surface area (Å²) in [6, 6.07) is 11.8. The van der Waals surface area contributed by atoms with Crippen molar-refractivity contribution in [2.24, 2.45) is 0 Å². The van der Waals surface area contributed by atoms with Crippen molar-refractivity contribution >= 4 is 16.7 Å². The monoisotopic (exact) mass is 386 g/mol. The molecule has 0 saturated heterocycles. The summed E-state index contributed by atoms with van der Waals surface area (Å²) in [4.78, 5) is 17.4. The fraction of sp³-hybridized carbons (Fsp3) is 0.200. The first-order chi connectivity index (χ1) is 14.2. The molecule has 0 aliphatic carbocycles. The molecule has 0 bridgehead atoms. The van der Waals surface area contributed by atoms with Crippen molar-refractivity contribution in [2.75, 3.05) is 0 Å². The molecule has 0 aliphatic rings. The van der Waals surface area contributed by atoms with Crippen molar-refractivity contribution in [3.8, 4) is 17.1 Å². The molecule has 1 aromatic carbocycles. The van der Waals surface area contributed by atoms with Crippen LogP contribution in [0.25, 0.3) is 33.8 Å². The third-order valence-electron chi connectivity index (χ3n) is 4.92. The molecular formula is C20H18N8O. The van der Waals surface area contributed by atoms with E-state index in [4.69, 9.17) is 5.10 Å². The Bertz CT molecular complexity index is 1400. The molecule has 0 fully saturated rings. The van der Waals surface area contributed by atoms with Crippen LogP contribution in [0.4, 0.5) is 0 Å². The Labute approximate surface area is 165 Å². The number of pyridine rings is 1. The minimum absolute atomic E-state index is 0.215. The molecule has 0 atom stereocenters. The Morgan fingerprint density at radius 2 is 1.86 bits per heavy atom. The number of aromatic amines is 1. The molecule has 144 valence electrons. The van der Waals surface area contributed by atoms with Gasteiger partial charge in [0.1, 0.15) is 11.3 Å². The van der Waals surface area contributed by atoms with Crippen LogP contribution in [0, 0.1) is 0 Å². The summed E-state index contributed by atoms with van der Waals surface area (Å²) in [7, 11) is 0. The first-order valence-corrected chi connectivity index (χ1v) is 9.48. The van der Waals surface area contributed by atoms with Gasteiger partial charge < -0.3 is 0 Å². The van der Waals surface area contributed by atoms with E-state index < -0.39 is 0 Å². The second-order valence-corrected chi connectivity index (χ2v) is 6.64. The van der Waals surface area contributed by atoms with Gasteiger partial charge in [-0.1, -0.05) is 44.2 Å². The summed E-state index contributed by atoms with van der Waals surface area (Å²) in [5.41, 5.74) is 3.97. The second-order valence-electron chi connectivity index (χ2n) is 6.64. The van der Waals surface area contributed by atoms with Gasteiger partial charge in [0.25, 0.3) is 11.5 Å². The van der Waals surface area contributed by atoms with Gasteiger partial charge in [0.15, 0.2) is 11.2 Å². The lowest BCUT2D eigenvalue weighted by Gasteiger charge is -2.04. The van der Waals surface area contributed by atoms with E-state index >= 15 is 0 Å². The molecule has 0 spiro atoms. The van der Waals surface area contributed by atoms with Crippen molar-refractivity contribution in [1.82, 2.24) is 39.6 Å². The van der Waals surface area contributed by atoms with Gasteiger partial charge in [-0.25, -0.2) is 9.08 Å². The summed E-state index contributed by atoms with van der Waals surface area (Å²) < 4.78 is 3.06. The maximum absolute atomic E-state index is 13.0. The molecule has 0 amide bonds. The Hall–Kier alpha value is -3.88. The highest BCUT2D eigenvalue weighted by atomic mass is 16.1. The van der Waals surface area contributed by atoms with E-state index in [-0.39, 0.29) is 17.0 Å². The summed E-state index contributed by atoms with van der Waals surface area (Å²) in [5.74, 6) is 0.996. The number of aryl methyl sites for hydroxylation is 2. The van der Waals surface area contributed by atoms with Gasteiger partial charge in [-0.05, 0) is 18.1 Å². The van der Waals surface area contributed by atoms with Gasteiger partial charge in [-0.3, -0.25) is 9.89 Å². The molecule has 4 aromatic heterocycles. The molecule has 0 saturated carbocycles. The molecule has 0 unspecified atom stereocenters. The predicted octanol–water partition coefficient (Wildman–Crippen LogP) is 2.34. The number of H-pyrrole nitrogens is 1. The van der Waals surface area contributed by atoms with Crippen LogP contribution in [-0.2, 0) is 12.8 Å². The second kappa shape index (κ2) is 6.62. The number of benzene rings is 1. The highest BCUT2D eigenvalue weighted by Crippen LogP contribution is 2.28. The molecule has 0 aliphatic heterocycles. The molecule has 9 heteroatoms. The molecular weight excluding hydrogens is 368 g/mol. The molecule has 4 heterocycles. The maximum atomic E-state index is 13.0. The largest absolute Gasteiger partial charge is 0.287 e. The highest BCUT2D eigenvalue weighted by molar-refractivity contribution is 5.84. The Morgan fingerprint density at radius 3 is 2.59 bits per heavy atom. The maximum Gasteiger partial charge on any atom is 0.287 e. The van der Waals surface area contributed by atoms with Crippen LogP contribution in [0.2, 0.25) is 0 Å². The van der Waals surface area contributed by atoms with Crippen LogP contribution in [0.5, 0.6) is 0 Å². The van der Waals surface area contributed by atoms with Gasteiger partial charge >= 0.3 is 0 Å². The predicted molar refractivity (Wildman–Crippen MR) is 108 cm³/mol. The third-order valence-corrected chi connectivity index (χ3v) is 4.92. The zero-order chi connectivity index (χ0) is 20.0. The lowest BCUT2D eigenvalue weighted by Crippen LogP contribution is -2.21. The zero-order valence-corrected chi connectivity index (χ0v) is 16.0. The van der Waals surface area contributed by atoms with Crippen LogP contribution >= 0.6 is 0 Å². The van der Waals surface area contributed by atoms with Crippen molar-refractivity contribution < 1.29 is 0 Å². The quantitative estimate of drug-likeness (QED) is 0.508. The van der Waals surface area contributed by atoms with E-state index in [2.05, 4.69) is 25.4 Å². The minimum atomic E-state index is -0.339. The summed E-state index contributed by atoms with van der Waals surface area (Å²) >= 11 is 0. The van der Waals surface area contributed by atoms with E-state index in [0.29, 0.717) is 23.4 Å². The van der Waals surface area contributed by atoms with Crippen molar-refractivity contribution in [3.05, 3.63) is 64.5 Å². The molecule has 1 N–H and O–H groups in total. The van der Waals surface area contributed by atoms with Crippen LogP contribution in [0.15, 0.2) is 47.4 Å². The van der Waals surface area contributed by atoms with Crippen molar-refractivity contribution in [1.29, 1.82) is 0 Å². The average molecular weight is 386 g/mol. The van der Waals surface area contributed by atoms with Gasteiger partial charge in [0.05, 0.1) is 11.3 Å². The van der Waals surface area contributed by atoms with Gasteiger partial charge in [-0.2, -0.15) is 10.1 Å². The fourth-order valence-electron chi connectivity index (χ4n) is 3.45.